The molecule has 0 radical (unpaired) electrons. The Morgan fingerprint density at radius 1 is 0.929 bits per heavy atom. The fourth-order valence-electron chi connectivity index (χ4n) is 4.27. The topological polar surface area (TPSA) is 186 Å². The Labute approximate surface area is 240 Å². The molecule has 0 aliphatic rings. The highest BCUT2D eigenvalue weighted by Crippen LogP contribution is 2.36. The summed E-state index contributed by atoms with van der Waals surface area (Å²) in [5.74, 6) is 0.271. The lowest BCUT2D eigenvalue weighted by Crippen LogP contribution is -2.16. The molecule has 0 aliphatic carbocycles. The monoisotopic (exact) mass is 599 g/mol. The number of azo groups is 1. The molecule has 3 aromatic heterocycles. The first kappa shape index (κ1) is 26.8. The van der Waals surface area contributed by atoms with E-state index in [1.807, 2.05) is 35.7 Å². The van der Waals surface area contributed by atoms with Gasteiger partial charge in [-0.05, 0) is 42.0 Å². The minimum Gasteiger partial charge on any atom is -0.287 e. The molecular weight excluding hydrogens is 582 g/mol. The molecule has 15 heteroatoms. The van der Waals surface area contributed by atoms with Gasteiger partial charge in [0.2, 0.25) is 0 Å². The largest absolute Gasteiger partial charge is 0.301 e. The van der Waals surface area contributed by atoms with E-state index in [2.05, 4.69) is 25.3 Å². The summed E-state index contributed by atoms with van der Waals surface area (Å²) in [6.45, 7) is 0. The van der Waals surface area contributed by atoms with Crippen LogP contribution in [0.25, 0.3) is 38.4 Å². The number of hydrogen-bond acceptors (Lipinski definition) is 10. The standard InChI is InChI=1S/C27H17N7O6S2/c35-27-24(31-30-18-8-12-20(13-9-18)42(38,39)40)23(17-6-10-19(11-7-17)34(36)37)32-33(27)25-22-21(16-4-2-1-3-5-16)14-41-26(22)29-15-28-25/h1-15,32H,(H,38,39,40). The molecular formula is C27H17N7O6S2. The minimum absolute atomic E-state index is 0.119. The third-order valence-electron chi connectivity index (χ3n) is 6.28. The van der Waals surface area contributed by atoms with Crippen molar-refractivity contribution in [3.05, 3.63) is 111 Å². The van der Waals surface area contributed by atoms with Crippen LogP contribution in [0.2, 0.25) is 0 Å². The summed E-state index contributed by atoms with van der Waals surface area (Å²) < 4.78 is 33.2. The van der Waals surface area contributed by atoms with Crippen LogP contribution < -0.4 is 5.56 Å². The molecule has 6 rings (SSSR count). The predicted octanol–water partition coefficient (Wildman–Crippen LogP) is 6.07. The lowest BCUT2D eigenvalue weighted by atomic mass is 10.1. The zero-order valence-electron chi connectivity index (χ0n) is 21.1. The fraction of sp³-hybridized carbons (Fsp3) is 0. The van der Waals surface area contributed by atoms with Gasteiger partial charge in [0.05, 0.1) is 26.6 Å². The van der Waals surface area contributed by atoms with Gasteiger partial charge in [-0.15, -0.1) is 16.5 Å². The van der Waals surface area contributed by atoms with Crippen molar-refractivity contribution >= 4 is 48.7 Å². The van der Waals surface area contributed by atoms with E-state index >= 15 is 0 Å². The number of aromatic amines is 1. The van der Waals surface area contributed by atoms with Gasteiger partial charge in [-0.25, -0.2) is 9.97 Å². The highest BCUT2D eigenvalue weighted by atomic mass is 32.2. The van der Waals surface area contributed by atoms with Crippen molar-refractivity contribution in [2.45, 2.75) is 4.90 Å². The SMILES string of the molecule is O=c1c(N=Nc2ccc(S(=O)(=O)O)cc2)c(-c2ccc([N+](=O)[O-])cc2)[nH]n1-c1ncnc2scc(-c3ccccc3)c12. The lowest BCUT2D eigenvalue weighted by Gasteiger charge is -2.06. The van der Waals surface area contributed by atoms with Gasteiger partial charge < -0.3 is 0 Å². The normalized spacial score (nSPS) is 11.8. The molecule has 3 heterocycles. The van der Waals surface area contributed by atoms with Crippen LogP contribution in [0.4, 0.5) is 17.1 Å². The molecule has 13 nitrogen and oxygen atoms in total. The van der Waals surface area contributed by atoms with Crippen LogP contribution >= 0.6 is 11.3 Å². The van der Waals surface area contributed by atoms with E-state index in [9.17, 15) is 27.9 Å². The average Bonchev–Trinajstić information content (AvgIpc) is 3.57. The molecule has 6 aromatic rings. The Hall–Kier alpha value is -5.38. The first-order valence-electron chi connectivity index (χ1n) is 12.1. The Morgan fingerprint density at radius 2 is 1.64 bits per heavy atom. The molecule has 0 aliphatic heterocycles. The zero-order valence-corrected chi connectivity index (χ0v) is 22.8. The van der Waals surface area contributed by atoms with Crippen LogP contribution in [-0.4, -0.2) is 37.6 Å². The molecule has 0 saturated heterocycles. The van der Waals surface area contributed by atoms with E-state index in [4.69, 9.17) is 0 Å². The van der Waals surface area contributed by atoms with Crippen molar-refractivity contribution in [3.63, 3.8) is 0 Å². The summed E-state index contributed by atoms with van der Waals surface area (Å²) in [6.07, 6.45) is 1.35. The molecule has 0 bridgehead atoms. The highest BCUT2D eigenvalue weighted by Gasteiger charge is 2.22. The fourth-order valence-corrected chi connectivity index (χ4v) is 5.66. The summed E-state index contributed by atoms with van der Waals surface area (Å²) in [5, 5.41) is 25.1. The number of benzene rings is 3. The summed E-state index contributed by atoms with van der Waals surface area (Å²) >= 11 is 1.40. The maximum atomic E-state index is 13.9. The number of fused-ring (bicyclic) bond motifs is 1. The molecule has 0 fully saturated rings. The number of hydrogen-bond donors (Lipinski definition) is 2. The molecule has 3 aromatic carbocycles. The number of rotatable bonds is 7. The summed E-state index contributed by atoms with van der Waals surface area (Å²) in [4.78, 5) is 33.6. The molecule has 0 unspecified atom stereocenters. The van der Waals surface area contributed by atoms with Gasteiger partial charge in [-0.1, -0.05) is 30.3 Å². The Bertz CT molecular complexity index is 2150. The number of aromatic nitrogens is 4. The summed E-state index contributed by atoms with van der Waals surface area (Å²) in [5.41, 5.74) is 1.72. The van der Waals surface area contributed by atoms with Crippen molar-refractivity contribution in [2.75, 3.05) is 0 Å². The molecule has 42 heavy (non-hydrogen) atoms. The van der Waals surface area contributed by atoms with Crippen LogP contribution in [0.1, 0.15) is 0 Å². The number of nitro groups is 1. The van der Waals surface area contributed by atoms with Gasteiger partial charge in [-0.2, -0.15) is 18.2 Å². The molecule has 0 atom stereocenters. The van der Waals surface area contributed by atoms with Crippen LogP contribution in [0.3, 0.4) is 0 Å². The smallest absolute Gasteiger partial charge is 0.287 e. The molecule has 0 amide bonds. The first-order valence-corrected chi connectivity index (χ1v) is 14.4. The summed E-state index contributed by atoms with van der Waals surface area (Å²) in [7, 11) is -4.40. The average molecular weight is 600 g/mol. The Morgan fingerprint density at radius 3 is 2.31 bits per heavy atom. The van der Waals surface area contributed by atoms with Crippen LogP contribution in [0.15, 0.2) is 110 Å². The van der Waals surface area contributed by atoms with Crippen LogP contribution in [0, 0.1) is 10.1 Å². The molecule has 2 N–H and O–H groups in total. The number of nitro benzene ring substituents is 1. The number of H-pyrrole nitrogens is 1. The number of thiophene rings is 1. The Kier molecular flexibility index (Phi) is 6.74. The van der Waals surface area contributed by atoms with Gasteiger partial charge in [0.25, 0.3) is 15.8 Å². The Balaban J connectivity index is 1.53. The van der Waals surface area contributed by atoms with Gasteiger partial charge in [0.15, 0.2) is 11.5 Å². The van der Waals surface area contributed by atoms with E-state index in [1.165, 1.54) is 58.7 Å². The van der Waals surface area contributed by atoms with Crippen molar-refractivity contribution in [2.24, 2.45) is 10.2 Å². The van der Waals surface area contributed by atoms with Crippen LogP contribution in [-0.2, 0) is 10.1 Å². The second kappa shape index (κ2) is 10.5. The number of nitrogens with one attached hydrogen (secondary N) is 1. The second-order valence-corrected chi connectivity index (χ2v) is 11.1. The van der Waals surface area contributed by atoms with Crippen molar-refractivity contribution < 1.29 is 17.9 Å². The zero-order chi connectivity index (χ0) is 29.4. The maximum Gasteiger partial charge on any atom is 0.301 e. The maximum absolute atomic E-state index is 13.9. The highest BCUT2D eigenvalue weighted by molar-refractivity contribution is 7.85. The van der Waals surface area contributed by atoms with Crippen molar-refractivity contribution in [1.29, 1.82) is 0 Å². The van der Waals surface area contributed by atoms with Gasteiger partial charge in [-0.3, -0.25) is 24.6 Å². The van der Waals surface area contributed by atoms with Gasteiger partial charge in [0, 0.05) is 28.6 Å². The van der Waals surface area contributed by atoms with E-state index < -0.39 is 20.6 Å². The van der Waals surface area contributed by atoms with E-state index in [0.717, 1.165) is 23.3 Å². The second-order valence-electron chi connectivity index (χ2n) is 8.84. The van der Waals surface area contributed by atoms with Crippen LogP contribution in [0.5, 0.6) is 0 Å². The molecule has 0 spiro atoms. The molecule has 0 saturated carbocycles. The first-order chi connectivity index (χ1) is 20.2. The quantitative estimate of drug-likeness (QED) is 0.0957. The van der Waals surface area contributed by atoms with Gasteiger partial charge >= 0.3 is 5.56 Å². The predicted molar refractivity (Wildman–Crippen MR) is 155 cm³/mol. The van der Waals surface area contributed by atoms with Crippen molar-refractivity contribution in [3.8, 4) is 28.2 Å². The minimum atomic E-state index is -4.40. The third kappa shape index (κ3) is 4.98. The van der Waals surface area contributed by atoms with Gasteiger partial charge in [0.1, 0.15) is 11.2 Å². The lowest BCUT2D eigenvalue weighted by molar-refractivity contribution is -0.384. The van der Waals surface area contributed by atoms with Crippen molar-refractivity contribution in [1.82, 2.24) is 19.7 Å². The summed E-state index contributed by atoms with van der Waals surface area (Å²) in [6, 6.07) is 20.0. The van der Waals surface area contributed by atoms with E-state index in [0.29, 0.717) is 15.8 Å². The number of nitrogens with zero attached hydrogens (tertiary/aromatic N) is 6. The third-order valence-corrected chi connectivity index (χ3v) is 8.03. The van der Waals surface area contributed by atoms with E-state index in [-0.39, 0.29) is 33.5 Å². The molecule has 208 valence electrons. The van der Waals surface area contributed by atoms with E-state index in [1.54, 1.807) is 0 Å². The number of non-ortho nitro benzene ring substituents is 1.